The average molecular weight is 293 g/mol. The standard InChI is InChI=1S/C13H15N3OS2/c14-13-16-10-4-3-8(6-11(10)19-13)12(17)15-7-9-2-1-5-18-9/h3-4,6,9H,1-2,5,7H2,(H2,14,16)(H,15,17). The molecular formula is C13H15N3OS2. The highest BCUT2D eigenvalue weighted by molar-refractivity contribution is 8.00. The first-order valence-corrected chi connectivity index (χ1v) is 8.15. The largest absolute Gasteiger partial charge is 0.375 e. The fourth-order valence-corrected chi connectivity index (χ4v) is 4.17. The van der Waals surface area contributed by atoms with Crippen molar-refractivity contribution in [2.45, 2.75) is 18.1 Å². The normalized spacial score (nSPS) is 18.8. The first kappa shape index (κ1) is 12.7. The van der Waals surface area contributed by atoms with Crippen molar-refractivity contribution in [1.29, 1.82) is 0 Å². The lowest BCUT2D eigenvalue weighted by atomic mass is 10.2. The van der Waals surface area contributed by atoms with Gasteiger partial charge < -0.3 is 11.1 Å². The Morgan fingerprint density at radius 3 is 3.21 bits per heavy atom. The number of thiazole rings is 1. The summed E-state index contributed by atoms with van der Waals surface area (Å²) >= 11 is 3.36. The lowest BCUT2D eigenvalue weighted by Crippen LogP contribution is -2.29. The first-order chi connectivity index (χ1) is 9.22. The Kier molecular flexibility index (Phi) is 3.61. The van der Waals surface area contributed by atoms with Gasteiger partial charge in [0, 0.05) is 17.4 Å². The summed E-state index contributed by atoms with van der Waals surface area (Å²) in [4.78, 5) is 16.3. The number of amides is 1. The van der Waals surface area contributed by atoms with E-state index in [1.807, 2.05) is 23.9 Å². The number of thioether (sulfide) groups is 1. The van der Waals surface area contributed by atoms with Crippen molar-refractivity contribution in [3.63, 3.8) is 0 Å². The van der Waals surface area contributed by atoms with Crippen LogP contribution in [0.15, 0.2) is 18.2 Å². The number of aromatic nitrogens is 1. The lowest BCUT2D eigenvalue weighted by Gasteiger charge is -2.10. The van der Waals surface area contributed by atoms with E-state index in [9.17, 15) is 4.79 Å². The van der Waals surface area contributed by atoms with Crippen LogP contribution in [0.2, 0.25) is 0 Å². The molecule has 1 amide bonds. The maximum atomic E-state index is 12.1. The number of anilines is 1. The van der Waals surface area contributed by atoms with Gasteiger partial charge in [0.25, 0.3) is 5.91 Å². The van der Waals surface area contributed by atoms with Crippen molar-refractivity contribution in [2.24, 2.45) is 0 Å². The van der Waals surface area contributed by atoms with Crippen molar-refractivity contribution in [1.82, 2.24) is 10.3 Å². The van der Waals surface area contributed by atoms with Gasteiger partial charge in [0.15, 0.2) is 5.13 Å². The molecule has 1 saturated heterocycles. The molecule has 0 radical (unpaired) electrons. The van der Waals surface area contributed by atoms with E-state index in [1.165, 1.54) is 29.9 Å². The van der Waals surface area contributed by atoms with Gasteiger partial charge in [-0.2, -0.15) is 11.8 Å². The highest BCUT2D eigenvalue weighted by atomic mass is 32.2. The van der Waals surface area contributed by atoms with Crippen LogP contribution in [0.4, 0.5) is 5.13 Å². The molecule has 0 spiro atoms. The van der Waals surface area contributed by atoms with Crippen LogP contribution in [0, 0.1) is 0 Å². The fourth-order valence-electron chi connectivity index (χ4n) is 2.20. The summed E-state index contributed by atoms with van der Waals surface area (Å²) in [6.45, 7) is 0.756. The number of nitrogens with zero attached hydrogens (tertiary/aromatic N) is 1. The maximum Gasteiger partial charge on any atom is 0.251 e. The van der Waals surface area contributed by atoms with Crippen molar-refractivity contribution in [3.8, 4) is 0 Å². The van der Waals surface area contributed by atoms with Crippen LogP contribution in [0.1, 0.15) is 23.2 Å². The fraction of sp³-hybridized carbons (Fsp3) is 0.385. The monoisotopic (exact) mass is 293 g/mol. The third-order valence-corrected chi connectivity index (χ3v) is 5.43. The lowest BCUT2D eigenvalue weighted by molar-refractivity contribution is 0.0954. The molecule has 0 aliphatic carbocycles. The molecule has 3 rings (SSSR count). The SMILES string of the molecule is Nc1nc2ccc(C(=O)NCC3CCCS3)cc2s1. The zero-order chi connectivity index (χ0) is 13.2. The van der Waals surface area contributed by atoms with Crippen molar-refractivity contribution >= 4 is 44.4 Å². The summed E-state index contributed by atoms with van der Waals surface area (Å²) < 4.78 is 0.959. The number of rotatable bonds is 3. The van der Waals surface area contributed by atoms with E-state index in [0.717, 1.165) is 16.8 Å². The minimum Gasteiger partial charge on any atom is -0.375 e. The minimum absolute atomic E-state index is 0.0126. The predicted octanol–water partition coefficient (Wildman–Crippen LogP) is 2.50. The zero-order valence-corrected chi connectivity index (χ0v) is 12.0. The highest BCUT2D eigenvalue weighted by Crippen LogP contribution is 2.26. The Labute approximate surface area is 119 Å². The Morgan fingerprint density at radius 1 is 1.53 bits per heavy atom. The molecule has 1 fully saturated rings. The zero-order valence-electron chi connectivity index (χ0n) is 10.4. The molecule has 0 bridgehead atoms. The topological polar surface area (TPSA) is 68.0 Å². The molecule has 3 N–H and O–H groups in total. The van der Waals surface area contributed by atoms with Crippen LogP contribution in [-0.2, 0) is 0 Å². The van der Waals surface area contributed by atoms with E-state index in [0.29, 0.717) is 15.9 Å². The molecule has 1 unspecified atom stereocenters. The second kappa shape index (κ2) is 5.38. The molecule has 100 valence electrons. The smallest absolute Gasteiger partial charge is 0.251 e. The molecule has 0 saturated carbocycles. The molecule has 1 atom stereocenters. The second-order valence-corrected chi connectivity index (χ2v) is 7.05. The first-order valence-electron chi connectivity index (χ1n) is 6.28. The van der Waals surface area contributed by atoms with Gasteiger partial charge in [0.2, 0.25) is 0 Å². The van der Waals surface area contributed by atoms with Crippen molar-refractivity contribution in [3.05, 3.63) is 23.8 Å². The molecule has 4 nitrogen and oxygen atoms in total. The maximum absolute atomic E-state index is 12.1. The Morgan fingerprint density at radius 2 is 2.42 bits per heavy atom. The third-order valence-electron chi connectivity index (χ3n) is 3.18. The molecule has 2 heterocycles. The number of carbonyl (C=O) groups excluding carboxylic acids is 1. The van der Waals surface area contributed by atoms with Crippen LogP contribution in [0.25, 0.3) is 10.2 Å². The predicted molar refractivity (Wildman–Crippen MR) is 81.8 cm³/mol. The van der Waals surface area contributed by atoms with E-state index < -0.39 is 0 Å². The Hall–Kier alpha value is -1.27. The minimum atomic E-state index is -0.0126. The van der Waals surface area contributed by atoms with Gasteiger partial charge in [0.05, 0.1) is 10.2 Å². The number of hydrogen-bond acceptors (Lipinski definition) is 5. The molecular weight excluding hydrogens is 278 g/mol. The van der Waals surface area contributed by atoms with Crippen molar-refractivity contribution < 1.29 is 4.79 Å². The molecule has 1 aliphatic heterocycles. The number of hydrogen-bond donors (Lipinski definition) is 2. The molecule has 1 aromatic carbocycles. The number of benzene rings is 1. The van der Waals surface area contributed by atoms with E-state index in [1.54, 1.807) is 6.07 Å². The Balaban J connectivity index is 1.69. The molecule has 2 aromatic rings. The Bertz CT molecular complexity index is 605. The summed E-state index contributed by atoms with van der Waals surface area (Å²) in [5, 5.41) is 4.12. The van der Waals surface area contributed by atoms with Crippen LogP contribution < -0.4 is 11.1 Å². The van der Waals surface area contributed by atoms with Gasteiger partial charge in [-0.15, -0.1) is 0 Å². The number of nitrogen functional groups attached to an aromatic ring is 1. The summed E-state index contributed by atoms with van der Waals surface area (Å²) in [7, 11) is 0. The number of nitrogens with two attached hydrogens (primary N) is 1. The molecule has 1 aromatic heterocycles. The van der Waals surface area contributed by atoms with Crippen molar-refractivity contribution in [2.75, 3.05) is 18.0 Å². The van der Waals surface area contributed by atoms with Crippen LogP contribution in [0.5, 0.6) is 0 Å². The summed E-state index contributed by atoms with van der Waals surface area (Å²) in [5.41, 5.74) is 7.19. The number of carbonyl (C=O) groups is 1. The van der Waals surface area contributed by atoms with Gasteiger partial charge in [0.1, 0.15) is 0 Å². The highest BCUT2D eigenvalue weighted by Gasteiger charge is 2.17. The van der Waals surface area contributed by atoms with E-state index >= 15 is 0 Å². The van der Waals surface area contributed by atoms with Crippen LogP contribution >= 0.6 is 23.1 Å². The number of nitrogens with one attached hydrogen (secondary N) is 1. The molecule has 1 aliphatic rings. The van der Waals surface area contributed by atoms with E-state index in [-0.39, 0.29) is 5.91 Å². The molecule has 19 heavy (non-hydrogen) atoms. The van der Waals surface area contributed by atoms with Crippen LogP contribution in [0.3, 0.4) is 0 Å². The van der Waals surface area contributed by atoms with E-state index in [4.69, 9.17) is 5.73 Å². The van der Waals surface area contributed by atoms with Gasteiger partial charge in [-0.05, 0) is 36.8 Å². The number of fused-ring (bicyclic) bond motifs is 1. The summed E-state index contributed by atoms with van der Waals surface area (Å²) in [5.74, 6) is 1.20. The third kappa shape index (κ3) is 2.84. The molecule has 6 heteroatoms. The van der Waals surface area contributed by atoms with Gasteiger partial charge in [-0.1, -0.05) is 11.3 Å². The van der Waals surface area contributed by atoms with E-state index in [2.05, 4.69) is 10.3 Å². The quantitative estimate of drug-likeness (QED) is 0.912. The summed E-state index contributed by atoms with van der Waals surface area (Å²) in [6, 6.07) is 5.51. The van der Waals surface area contributed by atoms with Crippen LogP contribution in [-0.4, -0.2) is 28.4 Å². The van der Waals surface area contributed by atoms with Gasteiger partial charge >= 0.3 is 0 Å². The average Bonchev–Trinajstić information content (AvgIpc) is 3.02. The second-order valence-electron chi connectivity index (χ2n) is 4.58. The van der Waals surface area contributed by atoms with Gasteiger partial charge in [-0.3, -0.25) is 4.79 Å². The van der Waals surface area contributed by atoms with Gasteiger partial charge in [-0.25, -0.2) is 4.98 Å². The summed E-state index contributed by atoms with van der Waals surface area (Å²) in [6.07, 6.45) is 2.46.